The Morgan fingerprint density at radius 3 is 2.72 bits per heavy atom. The van der Waals surface area contributed by atoms with Crippen LogP contribution in [0.3, 0.4) is 0 Å². The summed E-state index contributed by atoms with van der Waals surface area (Å²) in [7, 11) is 2.09. The van der Waals surface area contributed by atoms with Gasteiger partial charge in [0.2, 0.25) is 0 Å². The van der Waals surface area contributed by atoms with Crippen molar-refractivity contribution in [1.29, 1.82) is 0 Å². The number of nitrogens with zero attached hydrogens (tertiary/aromatic N) is 2. The summed E-state index contributed by atoms with van der Waals surface area (Å²) in [5, 5.41) is 0.604. The lowest BCUT2D eigenvalue weighted by atomic mass is 10.1. The van der Waals surface area contributed by atoms with Crippen molar-refractivity contribution in [2.75, 3.05) is 38.2 Å². The summed E-state index contributed by atoms with van der Waals surface area (Å²) in [5.74, 6) is 1.32. The summed E-state index contributed by atoms with van der Waals surface area (Å²) in [6.45, 7) is 6.97. The number of benzene rings is 2. The first-order valence-corrected chi connectivity index (χ1v) is 10.2. The van der Waals surface area contributed by atoms with E-state index in [1.807, 2.05) is 24.3 Å². The first kappa shape index (κ1) is 21.2. The first-order valence-electron chi connectivity index (χ1n) is 9.87. The molecule has 0 bridgehead atoms. The van der Waals surface area contributed by atoms with Crippen molar-refractivity contribution in [3.63, 3.8) is 0 Å². The molecule has 0 saturated carbocycles. The van der Waals surface area contributed by atoms with Gasteiger partial charge in [0.25, 0.3) is 0 Å². The standard InChI is InChI=1S/C23H27ClN2O3/c1-3-13-25(2)14-4-5-16-28-21-10-11-22-18(17-21)12-15-26(22)23(27)29-20-8-6-19(24)7-9-20/h3,6-11,17H,1,4-5,12-16H2,2H3. The smallest absolute Gasteiger partial charge is 0.419 e. The van der Waals surface area contributed by atoms with E-state index in [2.05, 4.69) is 18.5 Å². The normalized spacial score (nSPS) is 12.7. The second kappa shape index (κ2) is 10.3. The number of carbonyl (C=O) groups is 1. The van der Waals surface area contributed by atoms with E-state index >= 15 is 0 Å². The minimum Gasteiger partial charge on any atom is -0.494 e. The Bertz CT molecular complexity index is 839. The van der Waals surface area contributed by atoms with Gasteiger partial charge in [0.05, 0.1) is 12.3 Å². The van der Waals surface area contributed by atoms with Gasteiger partial charge in [0.1, 0.15) is 11.5 Å². The molecule has 1 aliphatic rings. The highest BCUT2D eigenvalue weighted by atomic mass is 35.5. The van der Waals surface area contributed by atoms with Crippen LogP contribution in [0.4, 0.5) is 10.5 Å². The molecule has 0 aliphatic carbocycles. The molecule has 0 aromatic heterocycles. The lowest BCUT2D eigenvalue weighted by molar-refractivity contribution is 0.208. The summed E-state index contributed by atoms with van der Waals surface area (Å²) in [6, 6.07) is 12.6. The van der Waals surface area contributed by atoms with E-state index in [9.17, 15) is 4.79 Å². The van der Waals surface area contributed by atoms with Crippen molar-refractivity contribution in [3.05, 3.63) is 65.7 Å². The maximum atomic E-state index is 12.5. The number of ether oxygens (including phenoxy) is 2. The number of amides is 1. The quantitative estimate of drug-likeness (QED) is 0.419. The van der Waals surface area contributed by atoms with Crippen LogP contribution in [0.1, 0.15) is 18.4 Å². The molecule has 6 heteroatoms. The number of hydrogen-bond donors (Lipinski definition) is 0. The second-order valence-electron chi connectivity index (χ2n) is 7.12. The molecule has 2 aromatic carbocycles. The molecule has 0 saturated heterocycles. The molecule has 1 amide bonds. The number of fused-ring (bicyclic) bond motifs is 1. The number of carbonyl (C=O) groups excluding carboxylic acids is 1. The number of anilines is 1. The van der Waals surface area contributed by atoms with E-state index in [-0.39, 0.29) is 6.09 Å². The first-order chi connectivity index (χ1) is 14.1. The highest BCUT2D eigenvalue weighted by molar-refractivity contribution is 6.30. The van der Waals surface area contributed by atoms with Gasteiger partial charge in [-0.25, -0.2) is 4.79 Å². The molecule has 1 aliphatic heterocycles. The average Bonchev–Trinajstić information content (AvgIpc) is 3.13. The van der Waals surface area contributed by atoms with Crippen LogP contribution in [0, 0.1) is 0 Å². The van der Waals surface area contributed by atoms with Gasteiger partial charge in [-0.05, 0) is 80.9 Å². The van der Waals surface area contributed by atoms with E-state index in [0.717, 1.165) is 49.4 Å². The van der Waals surface area contributed by atoms with Crippen molar-refractivity contribution in [3.8, 4) is 11.5 Å². The van der Waals surface area contributed by atoms with Crippen molar-refractivity contribution in [2.45, 2.75) is 19.3 Å². The highest BCUT2D eigenvalue weighted by Crippen LogP contribution is 2.32. The van der Waals surface area contributed by atoms with Crippen LogP contribution in [0.2, 0.25) is 5.02 Å². The summed E-state index contributed by atoms with van der Waals surface area (Å²) >= 11 is 5.87. The van der Waals surface area contributed by atoms with Crippen LogP contribution in [-0.4, -0.2) is 44.3 Å². The van der Waals surface area contributed by atoms with E-state index in [0.29, 0.717) is 23.9 Å². The summed E-state index contributed by atoms with van der Waals surface area (Å²) < 4.78 is 11.3. The van der Waals surface area contributed by atoms with Crippen molar-refractivity contribution >= 4 is 23.4 Å². The zero-order valence-electron chi connectivity index (χ0n) is 16.8. The maximum absolute atomic E-state index is 12.5. The van der Waals surface area contributed by atoms with Gasteiger partial charge in [-0.1, -0.05) is 17.7 Å². The minimum atomic E-state index is -0.386. The molecule has 5 nitrogen and oxygen atoms in total. The molecule has 2 aromatic rings. The summed E-state index contributed by atoms with van der Waals surface area (Å²) in [4.78, 5) is 16.4. The zero-order chi connectivity index (χ0) is 20.6. The molecule has 0 fully saturated rings. The molecule has 154 valence electrons. The fourth-order valence-electron chi connectivity index (χ4n) is 3.30. The van der Waals surface area contributed by atoms with Crippen LogP contribution >= 0.6 is 11.6 Å². The van der Waals surface area contributed by atoms with Crippen molar-refractivity contribution < 1.29 is 14.3 Å². The lowest BCUT2D eigenvalue weighted by Gasteiger charge is -2.17. The fourth-order valence-corrected chi connectivity index (χ4v) is 3.43. The third kappa shape index (κ3) is 5.99. The Kier molecular flexibility index (Phi) is 7.55. The van der Waals surface area contributed by atoms with Gasteiger partial charge in [0.15, 0.2) is 0 Å². The number of rotatable bonds is 9. The number of halogens is 1. The largest absolute Gasteiger partial charge is 0.494 e. The molecule has 29 heavy (non-hydrogen) atoms. The summed E-state index contributed by atoms with van der Waals surface area (Å²) in [6.07, 6.45) is 4.39. The maximum Gasteiger partial charge on any atom is 0.419 e. The monoisotopic (exact) mass is 414 g/mol. The zero-order valence-corrected chi connectivity index (χ0v) is 17.5. The molecule has 0 spiro atoms. The second-order valence-corrected chi connectivity index (χ2v) is 7.56. The Hall–Kier alpha value is -2.50. The van der Waals surface area contributed by atoms with Gasteiger partial charge in [-0.3, -0.25) is 4.90 Å². The van der Waals surface area contributed by atoms with Gasteiger partial charge in [0, 0.05) is 18.1 Å². The Labute approximate surface area is 177 Å². The lowest BCUT2D eigenvalue weighted by Crippen LogP contribution is -2.31. The van der Waals surface area contributed by atoms with Crippen molar-refractivity contribution in [2.24, 2.45) is 0 Å². The SMILES string of the molecule is C=CCN(C)CCCCOc1ccc2c(c1)CCN2C(=O)Oc1ccc(Cl)cc1. The number of hydrogen-bond acceptors (Lipinski definition) is 4. The van der Waals surface area contributed by atoms with E-state index in [1.54, 1.807) is 29.2 Å². The average molecular weight is 415 g/mol. The van der Waals surface area contributed by atoms with Crippen LogP contribution < -0.4 is 14.4 Å². The van der Waals surface area contributed by atoms with E-state index in [4.69, 9.17) is 21.1 Å². The number of unbranched alkanes of at least 4 members (excludes halogenated alkanes) is 1. The third-order valence-corrected chi connectivity index (χ3v) is 5.08. The van der Waals surface area contributed by atoms with Crippen LogP contribution in [0.25, 0.3) is 0 Å². The van der Waals surface area contributed by atoms with Crippen molar-refractivity contribution in [1.82, 2.24) is 4.90 Å². The van der Waals surface area contributed by atoms with Gasteiger partial charge in [-0.15, -0.1) is 6.58 Å². The highest BCUT2D eigenvalue weighted by Gasteiger charge is 2.26. The fraction of sp³-hybridized carbons (Fsp3) is 0.348. The van der Waals surface area contributed by atoms with E-state index < -0.39 is 0 Å². The van der Waals surface area contributed by atoms with Gasteiger partial charge < -0.3 is 14.4 Å². The molecule has 0 radical (unpaired) electrons. The molecule has 0 N–H and O–H groups in total. The Morgan fingerprint density at radius 1 is 1.21 bits per heavy atom. The predicted molar refractivity (Wildman–Crippen MR) is 117 cm³/mol. The van der Waals surface area contributed by atoms with Crippen LogP contribution in [-0.2, 0) is 6.42 Å². The number of likely N-dealkylation sites (N-methyl/N-ethyl adjacent to an activating group) is 1. The van der Waals surface area contributed by atoms with E-state index in [1.165, 1.54) is 0 Å². The predicted octanol–water partition coefficient (Wildman–Crippen LogP) is 5.18. The molecular formula is C23H27ClN2O3. The molecule has 0 atom stereocenters. The minimum absolute atomic E-state index is 0.386. The third-order valence-electron chi connectivity index (χ3n) is 4.83. The Balaban J connectivity index is 1.49. The molecule has 1 heterocycles. The van der Waals surface area contributed by atoms with Gasteiger partial charge >= 0.3 is 6.09 Å². The van der Waals surface area contributed by atoms with Crippen LogP contribution in [0.5, 0.6) is 11.5 Å². The molecule has 3 rings (SSSR count). The topological polar surface area (TPSA) is 42.0 Å². The van der Waals surface area contributed by atoms with Gasteiger partial charge in [-0.2, -0.15) is 0 Å². The summed E-state index contributed by atoms with van der Waals surface area (Å²) in [5.41, 5.74) is 1.98. The Morgan fingerprint density at radius 2 is 1.97 bits per heavy atom. The molecule has 0 unspecified atom stereocenters. The molecular weight excluding hydrogens is 388 g/mol. The van der Waals surface area contributed by atoms with Crippen LogP contribution in [0.15, 0.2) is 55.1 Å².